The summed E-state index contributed by atoms with van der Waals surface area (Å²) in [7, 11) is 0. The second kappa shape index (κ2) is 47.1. The Hall–Kier alpha value is -12.2. The maximum absolute atomic E-state index is 6.03. The molecule has 16 rings (SSSR count). The van der Waals surface area contributed by atoms with Crippen LogP contribution in [0.25, 0.3) is 121 Å². The second-order valence-electron chi connectivity index (χ2n) is 31.4. The fraction of sp³-hybridized carbons (Fsp3) is 0.321. The molecule has 0 saturated carbocycles. The second-order valence-corrected chi connectivity index (χ2v) is 31.4. The van der Waals surface area contributed by atoms with E-state index in [4.69, 9.17) is 106 Å². The highest BCUT2D eigenvalue weighted by Crippen LogP contribution is 2.34. The van der Waals surface area contributed by atoms with Crippen LogP contribution < -0.4 is 18.9 Å². The number of ether oxygens (including phenoxy) is 14. The van der Waals surface area contributed by atoms with Crippen LogP contribution in [0, 0.1) is 13.8 Å². The first kappa shape index (κ1) is 89.2. The Bertz CT molecular complexity index is 6250. The fourth-order valence-electron chi connectivity index (χ4n) is 15.2. The van der Waals surface area contributed by atoms with Crippen molar-refractivity contribution >= 4 is 87.2 Å². The summed E-state index contributed by atoms with van der Waals surface area (Å²) in [6.07, 6.45) is 7.40. The van der Waals surface area contributed by atoms with Crippen LogP contribution in [0.1, 0.15) is 59.7 Å². The molecule has 8 aromatic carbocycles. The number of unbranched alkanes of at least 4 members (excludes halogenated alkanes) is 2. The third kappa shape index (κ3) is 25.6. The molecule has 0 aliphatic carbocycles. The summed E-state index contributed by atoms with van der Waals surface area (Å²) < 4.78 is 80.5. The van der Waals surface area contributed by atoms with E-state index in [-0.39, 0.29) is 0 Å². The zero-order valence-corrected chi connectivity index (χ0v) is 73.0. The van der Waals surface area contributed by atoms with Gasteiger partial charge in [-0.05, 0) is 199 Å². The lowest BCUT2D eigenvalue weighted by Crippen LogP contribution is -2.15. The Labute approximate surface area is 746 Å². The molecular weight excluding hydrogens is 1610 g/mol. The van der Waals surface area contributed by atoms with Gasteiger partial charge in [0.05, 0.1) is 193 Å². The van der Waals surface area contributed by atoms with Crippen molar-refractivity contribution in [1.29, 1.82) is 0 Å². The molecule has 0 amide bonds. The van der Waals surface area contributed by atoms with Gasteiger partial charge in [0.15, 0.2) is 0 Å². The van der Waals surface area contributed by atoms with Gasteiger partial charge < -0.3 is 66.3 Å². The number of nitrogens with zero attached hydrogens (tertiary/aromatic N) is 8. The maximum atomic E-state index is 6.03. The first-order valence-electron chi connectivity index (χ1n) is 44.7. The number of rotatable bonds is 53. The maximum Gasteiger partial charge on any atom is 0.119 e. The Morgan fingerprint density at radius 3 is 0.602 bits per heavy atom. The minimum absolute atomic E-state index is 0.411. The van der Waals surface area contributed by atoms with E-state index in [0.717, 1.165) is 224 Å². The molecule has 0 spiro atoms. The molecule has 8 heterocycles. The van der Waals surface area contributed by atoms with E-state index in [1.165, 1.54) is 5.56 Å². The van der Waals surface area contributed by atoms with Crippen LogP contribution in [0.5, 0.6) is 23.0 Å². The topological polar surface area (TPSA) is 232 Å². The highest BCUT2D eigenvalue weighted by Gasteiger charge is 2.16. The average Bonchev–Trinajstić information content (AvgIpc) is 0.441. The third-order valence-electron chi connectivity index (χ3n) is 22.1. The summed E-state index contributed by atoms with van der Waals surface area (Å²) in [5.41, 5.74) is 19.4. The highest BCUT2D eigenvalue weighted by molar-refractivity contribution is 6.06. The molecule has 22 heteroatoms. The summed E-state index contributed by atoms with van der Waals surface area (Å²) in [5, 5.41) is 8.58. The quantitative estimate of drug-likeness (QED) is 0.0255. The molecule has 22 nitrogen and oxygen atoms in total. The molecular formula is C106H110N8O14. The Morgan fingerprint density at radius 2 is 0.359 bits per heavy atom. The predicted molar refractivity (Wildman–Crippen MR) is 504 cm³/mol. The fourth-order valence-corrected chi connectivity index (χ4v) is 15.2. The van der Waals surface area contributed by atoms with Gasteiger partial charge in [-0.25, -0.2) is 15.0 Å². The molecule has 128 heavy (non-hydrogen) atoms. The molecule has 0 N–H and O–H groups in total. The van der Waals surface area contributed by atoms with Gasteiger partial charge in [-0.15, -0.1) is 0 Å². The summed E-state index contributed by atoms with van der Waals surface area (Å²) in [4.78, 5) is 41.0. The molecule has 0 bridgehead atoms. The third-order valence-corrected chi connectivity index (χ3v) is 22.1. The Kier molecular flexibility index (Phi) is 32.8. The smallest absolute Gasteiger partial charge is 0.119 e. The number of aromatic nitrogens is 8. The zero-order chi connectivity index (χ0) is 86.9. The van der Waals surface area contributed by atoms with E-state index in [9.17, 15) is 0 Å². The summed E-state index contributed by atoms with van der Waals surface area (Å²) >= 11 is 0. The number of aryl methyl sites for hydroxylation is 6. The first-order valence-corrected chi connectivity index (χ1v) is 44.7. The van der Waals surface area contributed by atoms with Gasteiger partial charge in [0.1, 0.15) is 49.4 Å². The van der Waals surface area contributed by atoms with E-state index < -0.39 is 0 Å². The summed E-state index contributed by atoms with van der Waals surface area (Å²) in [5.74, 6) is 3.13. The molecule has 0 atom stereocenters. The molecule has 16 aromatic rings. The number of hydrogen-bond acceptors (Lipinski definition) is 22. The van der Waals surface area contributed by atoms with Crippen LogP contribution >= 0.6 is 0 Å². The van der Waals surface area contributed by atoms with Gasteiger partial charge in [-0.1, -0.05) is 115 Å². The van der Waals surface area contributed by atoms with E-state index in [0.29, 0.717) is 159 Å². The van der Waals surface area contributed by atoms with Gasteiger partial charge in [0.2, 0.25) is 0 Å². The van der Waals surface area contributed by atoms with Gasteiger partial charge in [0, 0.05) is 88.2 Å². The molecule has 0 aliphatic rings. The summed E-state index contributed by atoms with van der Waals surface area (Å²) in [6.45, 7) is 15.3. The summed E-state index contributed by atoms with van der Waals surface area (Å²) in [6, 6.07) is 83.0. The minimum Gasteiger partial charge on any atom is -0.491 e. The molecule has 0 fully saturated rings. The van der Waals surface area contributed by atoms with Crippen molar-refractivity contribution in [2.75, 3.05) is 159 Å². The largest absolute Gasteiger partial charge is 0.491 e. The van der Waals surface area contributed by atoms with Gasteiger partial charge >= 0.3 is 0 Å². The van der Waals surface area contributed by atoms with E-state index in [1.807, 2.05) is 104 Å². The normalized spacial score (nSPS) is 11.7. The lowest BCUT2D eigenvalue weighted by Gasteiger charge is -2.10. The molecule has 0 saturated heterocycles. The van der Waals surface area contributed by atoms with Gasteiger partial charge in [-0.3, -0.25) is 24.9 Å². The van der Waals surface area contributed by atoms with Crippen molar-refractivity contribution in [3.63, 3.8) is 0 Å². The molecule has 658 valence electrons. The first-order chi connectivity index (χ1) is 63.3. The van der Waals surface area contributed by atoms with Crippen LogP contribution in [0.4, 0.5) is 0 Å². The van der Waals surface area contributed by atoms with Crippen LogP contribution in [0.15, 0.2) is 243 Å². The SMILES string of the molecule is Cc1ccc(OCCOCCOCCOCCOCCOCCOc2ccc(-c3ccc4ccc5ccc(CCCCc6ccc7ccc8ccc(-c9ccc(OCCOCCOCCOCCOCCOCCOc%10ccc(-c%11ccc%12ccc%13ccc(CCCCc%14ccc%15ccc%16ccc(C)nc%16c%15n%14)nc%13c%12n%11)cc%10)cc9)nc8c7n6)nc5c4n3)cc2)cc1. The molecule has 0 aliphatic heterocycles. The zero-order valence-electron chi connectivity index (χ0n) is 73.0. The van der Waals surface area contributed by atoms with Crippen molar-refractivity contribution in [2.45, 2.75) is 65.2 Å². The van der Waals surface area contributed by atoms with E-state index in [2.05, 4.69) is 153 Å². The predicted octanol–water partition coefficient (Wildman–Crippen LogP) is 19.9. The van der Waals surface area contributed by atoms with Crippen LogP contribution in [-0.2, 0) is 73.1 Å². The van der Waals surface area contributed by atoms with Crippen LogP contribution in [0.2, 0.25) is 0 Å². The van der Waals surface area contributed by atoms with Gasteiger partial charge in [0.25, 0.3) is 0 Å². The van der Waals surface area contributed by atoms with Crippen molar-refractivity contribution in [2.24, 2.45) is 0 Å². The monoisotopic (exact) mass is 1720 g/mol. The number of hydrogen-bond donors (Lipinski definition) is 0. The van der Waals surface area contributed by atoms with Crippen LogP contribution in [0.3, 0.4) is 0 Å². The van der Waals surface area contributed by atoms with E-state index in [1.54, 1.807) is 0 Å². The standard InChI is InChI=1S/C106H110N8O14/c1-75-11-40-92(41-12-75)125-71-67-121-63-59-117-55-51-115-52-56-118-60-64-122-68-72-127-94-44-29-78(30-45-94)97-49-34-86-21-18-83-25-38-90(110-102(83)105(86)113-97)9-5-6-10-91-39-26-84-19-22-87-35-50-98(114-106(87)103(84)111-91)79-31-46-95(47-32-79)128-74-70-124-66-62-120-58-54-116-53-57-119-61-65-123-69-73-126-93-42-27-77(28-43-93)96-48-33-85-20-17-82-24-37-89(109-101(82)104(85)112-96)8-4-3-7-88-36-23-81-16-15-80-14-13-76(2)107-99(80)100(81)108-88/h11-50H,3-10,51-74H2,1-2H3. The lowest BCUT2D eigenvalue weighted by atomic mass is 10.0. The lowest BCUT2D eigenvalue weighted by molar-refractivity contribution is -0.0141. The molecule has 0 unspecified atom stereocenters. The van der Waals surface area contributed by atoms with Crippen molar-refractivity contribution in [3.05, 3.63) is 277 Å². The molecule has 0 radical (unpaired) electrons. The van der Waals surface area contributed by atoms with Crippen molar-refractivity contribution in [3.8, 4) is 56.8 Å². The van der Waals surface area contributed by atoms with Crippen molar-refractivity contribution < 1.29 is 66.3 Å². The molecule has 8 aromatic heterocycles. The van der Waals surface area contributed by atoms with Crippen LogP contribution in [-0.4, -0.2) is 198 Å². The van der Waals surface area contributed by atoms with Crippen molar-refractivity contribution in [1.82, 2.24) is 39.9 Å². The number of benzene rings is 8. The number of fused-ring (bicyclic) bond motifs is 12. The highest BCUT2D eigenvalue weighted by atomic mass is 16.6. The number of pyridine rings is 8. The van der Waals surface area contributed by atoms with Gasteiger partial charge in [-0.2, -0.15) is 0 Å². The Morgan fingerprint density at radius 1 is 0.172 bits per heavy atom. The Balaban J connectivity index is 0.380. The minimum atomic E-state index is 0.411. The average molecular weight is 1720 g/mol. The van der Waals surface area contributed by atoms with E-state index >= 15 is 0 Å².